The zero-order valence-electron chi connectivity index (χ0n) is 15.3. The third kappa shape index (κ3) is 2.74. The molecule has 1 spiro atoms. The SMILES string of the molecule is COC(=O)N1CC[C@H]2C=C(C)O[C@@H]3N4CCCCC[C@@H](O)[C@H]4C[C@]23C1. The molecule has 4 aliphatic rings. The summed E-state index contributed by atoms with van der Waals surface area (Å²) in [6.07, 6.45) is 7.73. The molecule has 6 heteroatoms. The van der Waals surface area contributed by atoms with E-state index in [4.69, 9.17) is 9.47 Å². The normalized spacial score (nSPS) is 41.4. The molecule has 1 N–H and O–H groups in total. The van der Waals surface area contributed by atoms with Gasteiger partial charge in [-0.05, 0) is 44.6 Å². The first kappa shape index (κ1) is 17.2. The lowest BCUT2D eigenvalue weighted by molar-refractivity contribution is -0.126. The molecule has 0 unspecified atom stereocenters. The Bertz CT molecular complexity index is 566. The van der Waals surface area contributed by atoms with Crippen LogP contribution in [0.2, 0.25) is 0 Å². The minimum absolute atomic E-state index is 0.0484. The van der Waals surface area contributed by atoms with E-state index < -0.39 is 0 Å². The summed E-state index contributed by atoms with van der Waals surface area (Å²) in [7, 11) is 1.45. The molecule has 5 atom stereocenters. The Morgan fingerprint density at radius 2 is 2.16 bits per heavy atom. The molecule has 4 heterocycles. The number of fused-ring (bicyclic) bond motifs is 2. The fraction of sp³-hybridized carbons (Fsp3) is 0.842. The fourth-order valence-corrected chi connectivity index (χ4v) is 5.60. The van der Waals surface area contributed by atoms with Crippen molar-refractivity contribution in [1.82, 2.24) is 9.80 Å². The predicted molar refractivity (Wildman–Crippen MR) is 92.7 cm³/mol. The monoisotopic (exact) mass is 350 g/mol. The molecule has 25 heavy (non-hydrogen) atoms. The first-order chi connectivity index (χ1) is 12.0. The molecule has 0 radical (unpaired) electrons. The summed E-state index contributed by atoms with van der Waals surface area (Å²) in [6.45, 7) is 4.37. The number of likely N-dealkylation sites (tertiary alicyclic amines) is 1. The Kier molecular flexibility index (Phi) is 4.44. The number of carbonyl (C=O) groups is 1. The van der Waals surface area contributed by atoms with Gasteiger partial charge in [0, 0.05) is 31.1 Å². The Hall–Kier alpha value is -1.27. The Morgan fingerprint density at radius 3 is 2.96 bits per heavy atom. The summed E-state index contributed by atoms with van der Waals surface area (Å²) >= 11 is 0. The van der Waals surface area contributed by atoms with Crippen LogP contribution in [0.25, 0.3) is 0 Å². The van der Waals surface area contributed by atoms with Crippen molar-refractivity contribution in [3.8, 4) is 0 Å². The van der Waals surface area contributed by atoms with Gasteiger partial charge < -0.3 is 19.5 Å². The van der Waals surface area contributed by atoms with Gasteiger partial charge in [0.15, 0.2) is 6.23 Å². The van der Waals surface area contributed by atoms with Crippen LogP contribution in [0.3, 0.4) is 0 Å². The molecule has 0 aromatic carbocycles. The maximum atomic E-state index is 12.2. The molecule has 0 aromatic rings. The number of aliphatic hydroxyl groups excluding tert-OH is 1. The van der Waals surface area contributed by atoms with Crippen LogP contribution in [0.1, 0.15) is 45.4 Å². The third-order valence-electron chi connectivity index (χ3n) is 6.77. The first-order valence-corrected chi connectivity index (χ1v) is 9.67. The van der Waals surface area contributed by atoms with Crippen LogP contribution in [-0.4, -0.2) is 66.1 Å². The van der Waals surface area contributed by atoms with Crippen molar-refractivity contribution >= 4 is 6.09 Å². The van der Waals surface area contributed by atoms with E-state index in [2.05, 4.69) is 11.0 Å². The average molecular weight is 350 g/mol. The molecule has 4 aliphatic heterocycles. The fourth-order valence-electron chi connectivity index (χ4n) is 5.60. The van der Waals surface area contributed by atoms with Gasteiger partial charge in [-0.25, -0.2) is 4.79 Å². The van der Waals surface area contributed by atoms with Gasteiger partial charge in [-0.2, -0.15) is 0 Å². The summed E-state index contributed by atoms with van der Waals surface area (Å²) in [4.78, 5) is 16.4. The number of ether oxygens (including phenoxy) is 2. The molecule has 140 valence electrons. The van der Waals surface area contributed by atoms with Gasteiger partial charge in [-0.1, -0.05) is 12.8 Å². The number of piperidine rings is 1. The smallest absolute Gasteiger partial charge is 0.409 e. The Morgan fingerprint density at radius 1 is 1.32 bits per heavy atom. The third-order valence-corrected chi connectivity index (χ3v) is 6.77. The van der Waals surface area contributed by atoms with E-state index >= 15 is 0 Å². The van der Waals surface area contributed by atoms with E-state index in [1.807, 2.05) is 11.8 Å². The zero-order chi connectivity index (χ0) is 17.6. The minimum atomic E-state index is -0.307. The average Bonchev–Trinajstić information content (AvgIpc) is 2.89. The van der Waals surface area contributed by atoms with Crippen molar-refractivity contribution in [3.05, 3.63) is 11.8 Å². The number of hydrogen-bond donors (Lipinski definition) is 1. The number of hydrogen-bond acceptors (Lipinski definition) is 5. The van der Waals surface area contributed by atoms with Crippen LogP contribution in [-0.2, 0) is 9.47 Å². The number of methoxy groups -OCH3 is 1. The minimum Gasteiger partial charge on any atom is -0.479 e. The molecular weight excluding hydrogens is 320 g/mol. The molecular formula is C19H30N2O4. The Balaban J connectivity index is 1.69. The van der Waals surface area contributed by atoms with Crippen molar-refractivity contribution in [1.29, 1.82) is 0 Å². The highest BCUT2D eigenvalue weighted by atomic mass is 16.5. The van der Waals surface area contributed by atoms with E-state index in [9.17, 15) is 9.90 Å². The largest absolute Gasteiger partial charge is 0.479 e. The number of rotatable bonds is 0. The van der Waals surface area contributed by atoms with E-state index in [0.717, 1.165) is 57.4 Å². The van der Waals surface area contributed by atoms with Crippen LogP contribution in [0, 0.1) is 11.3 Å². The lowest BCUT2D eigenvalue weighted by atomic mass is 9.67. The topological polar surface area (TPSA) is 62.2 Å². The maximum Gasteiger partial charge on any atom is 0.409 e. The quantitative estimate of drug-likeness (QED) is 0.726. The van der Waals surface area contributed by atoms with Gasteiger partial charge in [0.25, 0.3) is 0 Å². The highest BCUT2D eigenvalue weighted by molar-refractivity contribution is 5.67. The second-order valence-electron chi connectivity index (χ2n) is 8.19. The second kappa shape index (κ2) is 6.47. The van der Waals surface area contributed by atoms with Gasteiger partial charge in [0.05, 0.1) is 19.0 Å². The Labute approximate surface area is 149 Å². The lowest BCUT2D eigenvalue weighted by Gasteiger charge is -2.50. The molecule has 0 aromatic heterocycles. The van der Waals surface area contributed by atoms with Crippen LogP contribution in [0.15, 0.2) is 11.8 Å². The van der Waals surface area contributed by atoms with Crippen LogP contribution in [0.5, 0.6) is 0 Å². The summed E-state index contributed by atoms with van der Waals surface area (Å²) in [6, 6.07) is 0.129. The lowest BCUT2D eigenvalue weighted by Crippen LogP contribution is -2.58. The summed E-state index contributed by atoms with van der Waals surface area (Å²) in [5, 5.41) is 10.8. The zero-order valence-corrected chi connectivity index (χ0v) is 15.3. The molecule has 0 saturated carbocycles. The van der Waals surface area contributed by atoms with E-state index in [0.29, 0.717) is 12.5 Å². The van der Waals surface area contributed by atoms with Crippen molar-refractivity contribution < 1.29 is 19.4 Å². The molecule has 0 bridgehead atoms. The number of nitrogens with zero attached hydrogens (tertiary/aromatic N) is 2. The molecule has 4 rings (SSSR count). The van der Waals surface area contributed by atoms with Gasteiger partial charge in [-0.3, -0.25) is 4.90 Å². The maximum absolute atomic E-state index is 12.2. The van der Waals surface area contributed by atoms with Gasteiger partial charge in [0.1, 0.15) is 0 Å². The van der Waals surface area contributed by atoms with Crippen LogP contribution in [0.4, 0.5) is 4.79 Å². The number of carbonyl (C=O) groups excluding carboxylic acids is 1. The van der Waals surface area contributed by atoms with E-state index in [1.54, 1.807) is 0 Å². The van der Waals surface area contributed by atoms with Crippen LogP contribution < -0.4 is 0 Å². The molecule has 3 fully saturated rings. The van der Waals surface area contributed by atoms with E-state index in [1.165, 1.54) is 7.11 Å². The molecule has 1 amide bonds. The number of allylic oxidation sites excluding steroid dienone is 2. The molecule has 6 nitrogen and oxygen atoms in total. The first-order valence-electron chi connectivity index (χ1n) is 9.67. The summed E-state index contributed by atoms with van der Waals surface area (Å²) in [5.74, 6) is 1.38. The highest BCUT2D eigenvalue weighted by Crippen LogP contribution is 2.55. The number of amides is 1. The molecule has 0 aliphatic carbocycles. The van der Waals surface area contributed by atoms with Crippen molar-refractivity contribution in [2.24, 2.45) is 11.3 Å². The van der Waals surface area contributed by atoms with Crippen molar-refractivity contribution in [3.63, 3.8) is 0 Å². The van der Waals surface area contributed by atoms with Crippen molar-refractivity contribution in [2.75, 3.05) is 26.7 Å². The van der Waals surface area contributed by atoms with E-state index in [-0.39, 0.29) is 29.9 Å². The van der Waals surface area contributed by atoms with Gasteiger partial charge >= 0.3 is 6.09 Å². The summed E-state index contributed by atoms with van der Waals surface area (Å²) < 4.78 is 11.3. The molecule has 3 saturated heterocycles. The second-order valence-corrected chi connectivity index (χ2v) is 8.19. The highest BCUT2D eigenvalue weighted by Gasteiger charge is 2.61. The summed E-state index contributed by atoms with van der Waals surface area (Å²) in [5.41, 5.74) is -0.137. The standard InChI is InChI=1S/C19H30N2O4/c1-13-10-14-7-9-20(18(23)24-2)12-19(14)11-15-16(22)6-4-3-5-8-21(15)17(19)25-13/h10,14-17,22H,3-9,11-12H2,1-2H3/t14-,15+,16+,17-,19-/m0/s1. The van der Waals surface area contributed by atoms with Gasteiger partial charge in [-0.15, -0.1) is 0 Å². The predicted octanol–water partition coefficient (Wildman–Crippen LogP) is 2.33. The van der Waals surface area contributed by atoms with Crippen LogP contribution >= 0.6 is 0 Å². The van der Waals surface area contributed by atoms with Gasteiger partial charge in [0.2, 0.25) is 0 Å². The van der Waals surface area contributed by atoms with Crippen molar-refractivity contribution in [2.45, 2.75) is 63.8 Å². The number of aliphatic hydroxyl groups is 1.